The van der Waals surface area contributed by atoms with Crippen LogP contribution in [0.1, 0.15) is 93.3 Å². The number of hydrogen-bond donors (Lipinski definition) is 0. The molecule has 0 amide bonds. The van der Waals surface area contributed by atoms with Crippen LogP contribution in [0.15, 0.2) is 228 Å². The second kappa shape index (κ2) is 16.8. The van der Waals surface area contributed by atoms with Crippen LogP contribution in [0.3, 0.4) is 0 Å². The van der Waals surface area contributed by atoms with Crippen LogP contribution in [-0.4, -0.2) is 0 Å². The molecule has 0 saturated heterocycles. The molecule has 2 aliphatic carbocycles. The van der Waals surface area contributed by atoms with E-state index >= 15 is 0 Å². The maximum Gasteiger partial charge on any atom is 0.0735 e. The van der Waals surface area contributed by atoms with E-state index < -0.39 is 5.41 Å². The van der Waals surface area contributed by atoms with E-state index in [4.69, 9.17) is 0 Å². The first-order valence-corrected chi connectivity index (χ1v) is 25.9. The molecule has 12 rings (SSSR count). The molecule has 1 nitrogen and oxygen atoms in total. The number of allylic oxidation sites excluding steroid dienone is 4. The lowest BCUT2D eigenvalue weighted by atomic mass is 9.65. The van der Waals surface area contributed by atoms with Gasteiger partial charge >= 0.3 is 0 Å². The van der Waals surface area contributed by atoms with Crippen molar-refractivity contribution in [1.82, 2.24) is 0 Å². The Morgan fingerprint density at radius 1 is 0.429 bits per heavy atom. The zero-order valence-corrected chi connectivity index (χ0v) is 42.1. The molecule has 1 heterocycles. The second-order valence-electron chi connectivity index (χ2n) is 21.7. The van der Waals surface area contributed by atoms with Crippen LogP contribution in [0.5, 0.6) is 0 Å². The molecule has 0 N–H and O–H groups in total. The number of hydrogen-bond acceptors (Lipinski definition) is 2. The Hall–Kier alpha value is -7.13. The summed E-state index contributed by atoms with van der Waals surface area (Å²) in [5, 5.41) is 2.42. The van der Waals surface area contributed by atoms with Crippen molar-refractivity contribution in [1.29, 1.82) is 0 Å². The summed E-state index contributed by atoms with van der Waals surface area (Å²) >= 11 is 1.91. The van der Waals surface area contributed by atoms with Crippen LogP contribution in [0, 0.1) is 5.92 Å². The minimum Gasteiger partial charge on any atom is -0.309 e. The molecule has 1 aliphatic heterocycles. The normalized spacial score (nSPS) is 16.4. The summed E-state index contributed by atoms with van der Waals surface area (Å²) in [7, 11) is 0. The lowest BCUT2D eigenvalue weighted by molar-refractivity contribution is 0.585. The lowest BCUT2D eigenvalue weighted by Crippen LogP contribution is -2.33. The molecule has 0 radical (unpaired) electrons. The molecule has 0 saturated carbocycles. The van der Waals surface area contributed by atoms with Crippen LogP contribution >= 0.6 is 11.8 Å². The van der Waals surface area contributed by atoms with Gasteiger partial charge in [0.25, 0.3) is 0 Å². The van der Waals surface area contributed by atoms with Crippen LogP contribution in [-0.2, 0) is 16.2 Å². The predicted molar refractivity (Wildman–Crippen MR) is 299 cm³/mol. The Bertz CT molecular complexity index is 3500. The summed E-state index contributed by atoms with van der Waals surface area (Å²) in [5.74, 6) is 0.816. The maximum absolute atomic E-state index is 2.56. The second-order valence-corrected chi connectivity index (χ2v) is 22.8. The third-order valence-corrected chi connectivity index (χ3v) is 16.5. The first kappa shape index (κ1) is 44.1. The Morgan fingerprint density at radius 2 is 0.971 bits per heavy atom. The van der Waals surface area contributed by atoms with E-state index in [1.807, 2.05) is 11.8 Å². The zero-order valence-electron chi connectivity index (χ0n) is 41.3. The highest BCUT2D eigenvalue weighted by atomic mass is 32.2. The molecule has 0 bridgehead atoms. The van der Waals surface area contributed by atoms with Gasteiger partial charge in [0.2, 0.25) is 0 Å². The SMILES string of the molecule is CC1C=CC=CC1c1ccc(-c2ccccc2N(c2ccccc2-c2ccc3c(c2)C2(c4ccccc4S3)c3cc(C(C)(C)C)ccc3-c3ccc(C(C)(C)C)cc32)c2cccc3ccccc23)cc1. The lowest BCUT2D eigenvalue weighted by Gasteiger charge is -2.41. The summed E-state index contributed by atoms with van der Waals surface area (Å²) in [6.45, 7) is 16.4. The first-order valence-electron chi connectivity index (χ1n) is 25.0. The Labute approximate surface area is 419 Å². The van der Waals surface area contributed by atoms with Gasteiger partial charge in [-0.25, -0.2) is 0 Å². The number of nitrogens with zero attached hydrogens (tertiary/aromatic N) is 1. The highest BCUT2D eigenvalue weighted by Crippen LogP contribution is 2.63. The van der Waals surface area contributed by atoms with Gasteiger partial charge in [0, 0.05) is 32.2 Å². The summed E-state index contributed by atoms with van der Waals surface area (Å²) in [5.41, 5.74) is 19.7. The van der Waals surface area contributed by atoms with Crippen molar-refractivity contribution in [2.45, 2.75) is 80.4 Å². The number of rotatable bonds is 6. The number of anilines is 3. The van der Waals surface area contributed by atoms with E-state index in [0.717, 1.165) is 17.1 Å². The molecule has 70 heavy (non-hydrogen) atoms. The van der Waals surface area contributed by atoms with Crippen molar-refractivity contribution < 1.29 is 0 Å². The molecule has 0 fully saturated rings. The highest BCUT2D eigenvalue weighted by molar-refractivity contribution is 7.99. The van der Waals surface area contributed by atoms with Gasteiger partial charge in [-0.15, -0.1) is 0 Å². The summed E-state index contributed by atoms with van der Waals surface area (Å²) in [6, 6.07) is 74.2. The summed E-state index contributed by atoms with van der Waals surface area (Å²) in [6.07, 6.45) is 9.00. The quantitative estimate of drug-likeness (QED) is 0.163. The standard InChI is InChI=1S/C68H59NS/c1-44-19-8-10-22-51(44)46-31-33-47(34-32-46)53-24-12-15-27-61(53)69(63-29-18-21-45-20-9-11-23-52(45)63)62-28-16-13-25-54(62)48-35-40-65-60(41-48)68(57-26-14-17-30-64(57)70-65)58-42-49(66(2,3)4)36-38-55(58)56-39-37-50(43-59(56)68)67(5,6)7/h8-44,51H,1-7H3. The van der Waals surface area contributed by atoms with Gasteiger partial charge in [0.1, 0.15) is 0 Å². The number of fused-ring (bicyclic) bond motifs is 10. The van der Waals surface area contributed by atoms with Gasteiger partial charge in [-0.3, -0.25) is 0 Å². The molecule has 9 aromatic rings. The monoisotopic (exact) mass is 921 g/mol. The van der Waals surface area contributed by atoms with Crippen molar-refractivity contribution in [3.63, 3.8) is 0 Å². The molecule has 342 valence electrons. The van der Waals surface area contributed by atoms with Gasteiger partial charge in [0.15, 0.2) is 0 Å². The summed E-state index contributed by atoms with van der Waals surface area (Å²) < 4.78 is 0. The van der Waals surface area contributed by atoms with Crippen LogP contribution in [0.2, 0.25) is 0 Å². The fourth-order valence-electron chi connectivity index (χ4n) is 11.7. The molecule has 2 atom stereocenters. The number of benzene rings is 9. The van der Waals surface area contributed by atoms with Gasteiger partial charge in [-0.1, -0.05) is 242 Å². The molecule has 2 unspecified atom stereocenters. The van der Waals surface area contributed by atoms with Crippen molar-refractivity contribution in [3.8, 4) is 33.4 Å². The Balaban J connectivity index is 1.10. The van der Waals surface area contributed by atoms with Crippen LogP contribution < -0.4 is 4.90 Å². The fraction of sp³-hybridized carbons (Fsp3) is 0.176. The largest absolute Gasteiger partial charge is 0.309 e. The molecule has 9 aromatic carbocycles. The smallest absolute Gasteiger partial charge is 0.0735 e. The minimum atomic E-state index is -0.537. The average molecular weight is 922 g/mol. The van der Waals surface area contributed by atoms with Gasteiger partial charge in [0.05, 0.1) is 22.5 Å². The maximum atomic E-state index is 2.56. The predicted octanol–water partition coefficient (Wildman–Crippen LogP) is 18.9. The van der Waals surface area contributed by atoms with E-state index in [-0.39, 0.29) is 10.8 Å². The Kier molecular flexibility index (Phi) is 10.6. The van der Waals surface area contributed by atoms with E-state index in [2.05, 4.69) is 272 Å². The van der Waals surface area contributed by atoms with Crippen molar-refractivity contribution in [2.24, 2.45) is 5.92 Å². The molecule has 1 spiro atoms. The van der Waals surface area contributed by atoms with Crippen LogP contribution in [0.25, 0.3) is 44.2 Å². The van der Waals surface area contributed by atoms with Crippen molar-refractivity contribution >= 4 is 39.6 Å². The van der Waals surface area contributed by atoms with E-state index in [9.17, 15) is 0 Å². The van der Waals surface area contributed by atoms with Crippen molar-refractivity contribution in [2.75, 3.05) is 4.90 Å². The molecule has 3 aliphatic rings. The van der Waals surface area contributed by atoms with Crippen molar-refractivity contribution in [3.05, 3.63) is 257 Å². The fourth-order valence-corrected chi connectivity index (χ4v) is 12.9. The average Bonchev–Trinajstić information content (AvgIpc) is 3.66. The zero-order chi connectivity index (χ0) is 47.9. The van der Waals surface area contributed by atoms with E-state index in [1.165, 1.54) is 92.9 Å². The first-order chi connectivity index (χ1) is 33.9. The Morgan fingerprint density at radius 3 is 1.64 bits per heavy atom. The molecule has 2 heteroatoms. The molecule has 0 aromatic heterocycles. The van der Waals surface area contributed by atoms with E-state index in [1.54, 1.807) is 0 Å². The third kappa shape index (κ3) is 7.13. The topological polar surface area (TPSA) is 3.24 Å². The molecular formula is C68H59NS. The highest BCUT2D eigenvalue weighted by Gasteiger charge is 2.51. The van der Waals surface area contributed by atoms with E-state index in [0.29, 0.717) is 11.8 Å². The van der Waals surface area contributed by atoms with Gasteiger partial charge in [-0.05, 0) is 120 Å². The summed E-state index contributed by atoms with van der Waals surface area (Å²) in [4.78, 5) is 5.15. The number of para-hydroxylation sites is 2. The third-order valence-electron chi connectivity index (χ3n) is 15.4. The van der Waals surface area contributed by atoms with Gasteiger partial charge in [-0.2, -0.15) is 0 Å². The van der Waals surface area contributed by atoms with Crippen LogP contribution in [0.4, 0.5) is 17.1 Å². The molecular weight excluding hydrogens is 863 g/mol. The van der Waals surface area contributed by atoms with Gasteiger partial charge < -0.3 is 4.90 Å². The minimum absolute atomic E-state index is 0.0274.